The van der Waals surface area contributed by atoms with Crippen LogP contribution in [0.4, 0.5) is 11.4 Å². The summed E-state index contributed by atoms with van der Waals surface area (Å²) in [6.45, 7) is 9.68. The highest BCUT2D eigenvalue weighted by atomic mass is 16.8. The normalized spacial score (nSPS) is 15.0. The number of hydrogen-bond donors (Lipinski definition) is 4. The van der Waals surface area contributed by atoms with E-state index in [2.05, 4.69) is 0 Å². The fourth-order valence-corrected chi connectivity index (χ4v) is 2.84. The van der Waals surface area contributed by atoms with Crippen LogP contribution in [0.15, 0.2) is 0 Å². The summed E-state index contributed by atoms with van der Waals surface area (Å²) in [4.78, 5) is 11.8. The molecule has 0 spiro atoms. The summed E-state index contributed by atoms with van der Waals surface area (Å²) in [6.07, 6.45) is 0. The van der Waals surface area contributed by atoms with Gasteiger partial charge in [-0.05, 0) is 26.2 Å². The van der Waals surface area contributed by atoms with Crippen LogP contribution in [0.1, 0.15) is 54.7 Å². The second-order valence-corrected chi connectivity index (χ2v) is 6.17. The van der Waals surface area contributed by atoms with E-state index in [4.69, 9.17) is 0 Å². The molecule has 7 nitrogen and oxygen atoms in total. The highest BCUT2D eigenvalue weighted by Crippen LogP contribution is 2.39. The molecule has 4 N–H and O–H groups in total. The monoisotopic (exact) mass is 298 g/mol. The van der Waals surface area contributed by atoms with Gasteiger partial charge in [0.25, 0.3) is 0 Å². The molecule has 0 radical (unpaired) electrons. The molecule has 2 atom stereocenters. The molecule has 118 valence electrons. The standard InChI is InChI=1S/C14H22N2O5/c1-7-10(9(3)17)8(2)13(16(20)21)11(14(4,5)6)12(7)15(18)19/h15-16,18,20H,1-6H3. The smallest absolute Gasteiger partial charge is 0.177 e. The van der Waals surface area contributed by atoms with E-state index >= 15 is 0 Å². The Morgan fingerprint density at radius 2 is 1.33 bits per heavy atom. The fraction of sp³-hybridized carbons (Fsp3) is 0.500. The molecule has 2 unspecified atom stereocenters. The first-order valence-corrected chi connectivity index (χ1v) is 6.56. The Hall–Kier alpha value is -1.35. The molecule has 0 aromatic heterocycles. The fourth-order valence-electron chi connectivity index (χ4n) is 2.84. The van der Waals surface area contributed by atoms with Gasteiger partial charge < -0.3 is 10.4 Å². The van der Waals surface area contributed by atoms with Crippen molar-refractivity contribution < 1.29 is 25.7 Å². The summed E-state index contributed by atoms with van der Waals surface area (Å²) in [5, 5.41) is 39.9. The third-order valence-electron chi connectivity index (χ3n) is 3.53. The lowest BCUT2D eigenvalue weighted by Crippen LogP contribution is -3.02. The summed E-state index contributed by atoms with van der Waals surface area (Å²) in [7, 11) is 0. The van der Waals surface area contributed by atoms with Crippen molar-refractivity contribution in [2.24, 2.45) is 0 Å². The van der Waals surface area contributed by atoms with Crippen molar-refractivity contribution in [1.82, 2.24) is 0 Å². The predicted molar refractivity (Wildman–Crippen MR) is 76.2 cm³/mol. The van der Waals surface area contributed by atoms with Crippen LogP contribution in [0.3, 0.4) is 0 Å². The number of carbonyl (C=O) groups is 1. The van der Waals surface area contributed by atoms with E-state index in [1.807, 2.05) is 0 Å². The number of rotatable bonds is 3. The maximum absolute atomic E-state index is 11.8. The molecule has 0 fully saturated rings. The number of nitrogens with one attached hydrogen (secondary N) is 2. The second kappa shape index (κ2) is 5.80. The zero-order valence-corrected chi connectivity index (χ0v) is 13.1. The van der Waals surface area contributed by atoms with Gasteiger partial charge in [-0.3, -0.25) is 4.79 Å². The number of benzene rings is 1. The summed E-state index contributed by atoms with van der Waals surface area (Å²) in [5.41, 5.74) is 0.225. The van der Waals surface area contributed by atoms with Gasteiger partial charge in [0, 0.05) is 16.7 Å². The molecule has 21 heavy (non-hydrogen) atoms. The highest BCUT2D eigenvalue weighted by molar-refractivity contribution is 5.99. The van der Waals surface area contributed by atoms with E-state index in [0.29, 0.717) is 11.1 Å². The third-order valence-corrected chi connectivity index (χ3v) is 3.53. The molecule has 7 heteroatoms. The molecular formula is C14H22N2O5. The van der Waals surface area contributed by atoms with E-state index in [1.54, 1.807) is 34.6 Å². The maximum atomic E-state index is 11.8. The van der Waals surface area contributed by atoms with Crippen molar-refractivity contribution in [3.05, 3.63) is 32.7 Å². The first-order valence-electron chi connectivity index (χ1n) is 6.56. The predicted octanol–water partition coefficient (Wildman–Crippen LogP) is 0.610. The molecule has 0 aliphatic heterocycles. The van der Waals surface area contributed by atoms with E-state index in [9.17, 15) is 25.6 Å². The summed E-state index contributed by atoms with van der Waals surface area (Å²) < 4.78 is 0. The van der Waals surface area contributed by atoms with Crippen molar-refractivity contribution >= 4 is 17.2 Å². The summed E-state index contributed by atoms with van der Waals surface area (Å²) >= 11 is 0. The van der Waals surface area contributed by atoms with Crippen LogP contribution >= 0.6 is 0 Å². The molecule has 1 rings (SSSR count). The van der Waals surface area contributed by atoms with Gasteiger partial charge in [-0.15, -0.1) is 0 Å². The van der Waals surface area contributed by atoms with Crippen LogP contribution in [0.5, 0.6) is 0 Å². The molecular weight excluding hydrogens is 276 g/mol. The van der Waals surface area contributed by atoms with Crippen molar-refractivity contribution in [2.75, 3.05) is 0 Å². The first-order chi connectivity index (χ1) is 9.41. The molecule has 0 saturated carbocycles. The van der Waals surface area contributed by atoms with Crippen LogP contribution in [-0.4, -0.2) is 16.2 Å². The zero-order valence-electron chi connectivity index (χ0n) is 13.1. The minimum atomic E-state index is -1.22. The minimum Gasteiger partial charge on any atom is -0.595 e. The van der Waals surface area contributed by atoms with E-state index in [0.717, 1.165) is 0 Å². The van der Waals surface area contributed by atoms with Gasteiger partial charge >= 0.3 is 0 Å². The lowest BCUT2D eigenvalue weighted by Gasteiger charge is -2.31. The molecule has 0 heterocycles. The average Bonchev–Trinajstić information content (AvgIpc) is 2.24. The Morgan fingerprint density at radius 3 is 1.52 bits per heavy atom. The number of carbonyl (C=O) groups excluding carboxylic acids is 1. The van der Waals surface area contributed by atoms with Crippen LogP contribution in [0, 0.1) is 24.3 Å². The molecule has 1 aromatic carbocycles. The van der Waals surface area contributed by atoms with Crippen LogP contribution in [-0.2, 0) is 5.41 Å². The van der Waals surface area contributed by atoms with Gasteiger partial charge in [-0.2, -0.15) is 10.5 Å². The molecule has 0 bridgehead atoms. The van der Waals surface area contributed by atoms with Crippen molar-refractivity contribution in [2.45, 2.75) is 47.0 Å². The second-order valence-electron chi connectivity index (χ2n) is 6.17. The molecule has 1 aromatic rings. The Balaban J connectivity index is 4.06. The lowest BCUT2D eigenvalue weighted by atomic mass is 9.79. The number of Topliss-reactive ketones (excluding diaryl/α,β-unsaturated/α-hetero) is 1. The van der Waals surface area contributed by atoms with Crippen LogP contribution in [0.25, 0.3) is 0 Å². The average molecular weight is 298 g/mol. The Labute approximate surface area is 123 Å². The lowest BCUT2D eigenvalue weighted by molar-refractivity contribution is -0.997. The van der Waals surface area contributed by atoms with E-state index < -0.39 is 15.9 Å². The van der Waals surface area contributed by atoms with Gasteiger partial charge in [-0.1, -0.05) is 20.8 Å². The highest BCUT2D eigenvalue weighted by Gasteiger charge is 2.35. The number of quaternary nitrogens is 2. The van der Waals surface area contributed by atoms with Gasteiger partial charge in [0.05, 0.1) is 5.56 Å². The van der Waals surface area contributed by atoms with E-state index in [-0.39, 0.29) is 28.3 Å². The first kappa shape index (κ1) is 17.7. The quantitative estimate of drug-likeness (QED) is 0.482. The van der Waals surface area contributed by atoms with E-state index in [1.165, 1.54) is 6.92 Å². The summed E-state index contributed by atoms with van der Waals surface area (Å²) in [5.74, 6) is -0.338. The van der Waals surface area contributed by atoms with Gasteiger partial charge in [0.2, 0.25) is 0 Å². The van der Waals surface area contributed by atoms with Crippen LogP contribution in [0.2, 0.25) is 0 Å². The largest absolute Gasteiger partial charge is 0.595 e. The van der Waals surface area contributed by atoms with Gasteiger partial charge in [0.1, 0.15) is 0 Å². The number of ketones is 1. The maximum Gasteiger partial charge on any atom is 0.177 e. The topological polar surface area (TPSA) is 113 Å². The molecule has 0 amide bonds. The zero-order chi connectivity index (χ0) is 16.7. The van der Waals surface area contributed by atoms with Crippen molar-refractivity contribution in [3.63, 3.8) is 0 Å². The van der Waals surface area contributed by atoms with Gasteiger partial charge in [-0.25, -0.2) is 10.4 Å². The minimum absolute atomic E-state index is 0.0873. The van der Waals surface area contributed by atoms with Crippen LogP contribution < -0.4 is 10.5 Å². The molecule has 0 aliphatic rings. The van der Waals surface area contributed by atoms with Gasteiger partial charge in [0.15, 0.2) is 17.2 Å². The molecule has 0 aliphatic carbocycles. The molecule has 0 saturated heterocycles. The Kier molecular flexibility index (Phi) is 4.89. The Morgan fingerprint density at radius 1 is 1.00 bits per heavy atom. The van der Waals surface area contributed by atoms with Crippen molar-refractivity contribution in [1.29, 1.82) is 0 Å². The van der Waals surface area contributed by atoms with Crippen molar-refractivity contribution in [3.8, 4) is 0 Å². The SMILES string of the molecule is CC(=O)c1c(C)c([NH+]([O-])O)c(C(C)(C)C)c([NH+]([O-])O)c1C. The Bertz CT molecular complexity index is 539. The summed E-state index contributed by atoms with van der Waals surface area (Å²) in [6, 6.07) is 0. The third kappa shape index (κ3) is 3.13. The number of hydrogen-bond acceptors (Lipinski definition) is 5.